The minimum atomic E-state index is -4.67. The summed E-state index contributed by atoms with van der Waals surface area (Å²) >= 11 is 2.88. The summed E-state index contributed by atoms with van der Waals surface area (Å²) in [6, 6.07) is 8.77. The summed E-state index contributed by atoms with van der Waals surface area (Å²) < 4.78 is 43.2. The minimum Gasteiger partial charge on any atom is -0.322 e. The molecule has 10 heteroatoms. The van der Waals surface area contributed by atoms with E-state index in [-0.39, 0.29) is 4.47 Å². The third kappa shape index (κ3) is 3.63. The second-order valence-corrected chi connectivity index (χ2v) is 7.17. The summed E-state index contributed by atoms with van der Waals surface area (Å²) in [7, 11) is 1.77. The van der Waals surface area contributed by atoms with Crippen LogP contribution in [0.1, 0.15) is 15.9 Å². The highest BCUT2D eigenvalue weighted by molar-refractivity contribution is 9.10. The topological polar surface area (TPSA) is 64.7 Å². The van der Waals surface area contributed by atoms with Gasteiger partial charge in [0.05, 0.1) is 35.2 Å². The molecular formula is C19H13BrF3N5O. The summed E-state index contributed by atoms with van der Waals surface area (Å²) in [5.74, 6) is -0.856. The zero-order valence-electron chi connectivity index (χ0n) is 14.9. The second-order valence-electron chi connectivity index (χ2n) is 6.32. The van der Waals surface area contributed by atoms with Gasteiger partial charge < -0.3 is 5.32 Å². The molecule has 2 aromatic heterocycles. The molecule has 0 radical (unpaired) electrons. The molecule has 0 atom stereocenters. The van der Waals surface area contributed by atoms with Crippen molar-refractivity contribution in [2.24, 2.45) is 7.05 Å². The Bertz CT molecular complexity index is 1230. The molecule has 1 N–H and O–H groups in total. The van der Waals surface area contributed by atoms with Crippen molar-refractivity contribution < 1.29 is 18.0 Å². The Labute approximate surface area is 171 Å². The van der Waals surface area contributed by atoms with Gasteiger partial charge in [-0.3, -0.25) is 9.48 Å². The molecular weight excluding hydrogens is 451 g/mol. The van der Waals surface area contributed by atoms with Crippen molar-refractivity contribution in [3.8, 4) is 5.69 Å². The molecule has 4 aromatic rings. The number of nitrogens with zero attached hydrogens (tertiary/aromatic N) is 4. The van der Waals surface area contributed by atoms with Crippen LogP contribution < -0.4 is 5.32 Å². The van der Waals surface area contributed by atoms with Crippen LogP contribution in [-0.4, -0.2) is 25.5 Å². The molecule has 0 aliphatic carbocycles. The molecule has 0 saturated carbocycles. The SMILES string of the molecule is Cn1cc(-n2ncc3ccc(NC(=O)c4cccc(Br)c4C(F)(F)F)cc32)cn1. The maximum atomic E-state index is 13.4. The van der Waals surface area contributed by atoms with Crippen LogP contribution in [0.25, 0.3) is 16.6 Å². The molecule has 0 bridgehead atoms. The molecule has 2 heterocycles. The first-order valence-corrected chi connectivity index (χ1v) is 9.17. The predicted octanol–water partition coefficient (Wildman–Crippen LogP) is 4.79. The standard InChI is InChI=1S/C19H13BrF3N5O/c1-27-10-13(9-24-27)28-16-7-12(6-5-11(16)8-25-28)26-18(29)14-3-2-4-15(20)17(14)19(21,22)23/h2-10H,1H3,(H,26,29). The van der Waals surface area contributed by atoms with Gasteiger partial charge in [-0.15, -0.1) is 0 Å². The van der Waals surface area contributed by atoms with Gasteiger partial charge in [-0.2, -0.15) is 23.4 Å². The van der Waals surface area contributed by atoms with E-state index in [0.29, 0.717) is 11.2 Å². The van der Waals surface area contributed by atoms with E-state index in [1.54, 1.807) is 53.2 Å². The van der Waals surface area contributed by atoms with E-state index in [9.17, 15) is 18.0 Å². The minimum absolute atomic E-state index is 0.192. The van der Waals surface area contributed by atoms with E-state index in [0.717, 1.165) is 17.1 Å². The van der Waals surface area contributed by atoms with Crippen LogP contribution in [-0.2, 0) is 13.2 Å². The maximum absolute atomic E-state index is 13.4. The third-order valence-corrected chi connectivity index (χ3v) is 4.97. The van der Waals surface area contributed by atoms with Crippen LogP contribution >= 0.6 is 15.9 Å². The van der Waals surface area contributed by atoms with Crippen molar-refractivity contribution in [2.75, 3.05) is 5.32 Å². The zero-order chi connectivity index (χ0) is 20.8. The summed E-state index contributed by atoms with van der Waals surface area (Å²) in [4.78, 5) is 12.6. The fourth-order valence-corrected chi connectivity index (χ4v) is 3.61. The van der Waals surface area contributed by atoms with Gasteiger partial charge in [-0.05, 0) is 30.3 Å². The van der Waals surface area contributed by atoms with Crippen molar-refractivity contribution in [1.82, 2.24) is 19.6 Å². The highest BCUT2D eigenvalue weighted by Gasteiger charge is 2.37. The van der Waals surface area contributed by atoms with Gasteiger partial charge in [-0.25, -0.2) is 4.68 Å². The molecule has 0 aliphatic heterocycles. The summed E-state index contributed by atoms with van der Waals surface area (Å²) in [5.41, 5.74) is 0.270. The van der Waals surface area contributed by atoms with Gasteiger partial charge in [0.15, 0.2) is 0 Å². The normalized spacial score (nSPS) is 11.8. The molecule has 4 rings (SSSR count). The molecule has 0 saturated heterocycles. The largest absolute Gasteiger partial charge is 0.418 e. The van der Waals surface area contributed by atoms with E-state index < -0.39 is 23.2 Å². The van der Waals surface area contributed by atoms with Crippen molar-refractivity contribution in [2.45, 2.75) is 6.18 Å². The lowest BCUT2D eigenvalue weighted by atomic mass is 10.1. The van der Waals surface area contributed by atoms with E-state index in [4.69, 9.17) is 0 Å². The number of alkyl halides is 3. The Morgan fingerprint density at radius 2 is 1.93 bits per heavy atom. The number of hydrogen-bond donors (Lipinski definition) is 1. The van der Waals surface area contributed by atoms with E-state index in [1.165, 1.54) is 12.1 Å². The van der Waals surface area contributed by atoms with E-state index >= 15 is 0 Å². The number of nitrogens with one attached hydrogen (secondary N) is 1. The fraction of sp³-hybridized carbons (Fsp3) is 0.105. The quantitative estimate of drug-likeness (QED) is 0.474. The highest BCUT2D eigenvalue weighted by atomic mass is 79.9. The monoisotopic (exact) mass is 463 g/mol. The van der Waals surface area contributed by atoms with E-state index in [2.05, 4.69) is 31.4 Å². The van der Waals surface area contributed by atoms with Crippen molar-refractivity contribution in [3.63, 3.8) is 0 Å². The molecule has 6 nitrogen and oxygen atoms in total. The van der Waals surface area contributed by atoms with E-state index in [1.807, 2.05) is 0 Å². The number of carbonyl (C=O) groups excluding carboxylic acids is 1. The van der Waals surface area contributed by atoms with Crippen LogP contribution in [0.3, 0.4) is 0 Å². The number of hydrogen-bond acceptors (Lipinski definition) is 3. The molecule has 2 aromatic carbocycles. The first kappa shape index (κ1) is 19.2. The van der Waals surface area contributed by atoms with Crippen molar-refractivity contribution >= 4 is 38.4 Å². The second kappa shape index (κ2) is 7.03. The molecule has 0 unspecified atom stereocenters. The summed E-state index contributed by atoms with van der Waals surface area (Å²) in [5, 5.41) is 11.8. The molecule has 29 heavy (non-hydrogen) atoms. The highest BCUT2D eigenvalue weighted by Crippen LogP contribution is 2.37. The first-order chi connectivity index (χ1) is 13.7. The van der Waals surface area contributed by atoms with Crippen LogP contribution in [0.5, 0.6) is 0 Å². The third-order valence-electron chi connectivity index (χ3n) is 4.31. The number of anilines is 1. The lowest BCUT2D eigenvalue weighted by Gasteiger charge is -2.14. The number of rotatable bonds is 3. The van der Waals surface area contributed by atoms with Crippen LogP contribution in [0.15, 0.2) is 59.5 Å². The average molecular weight is 464 g/mol. The van der Waals surface area contributed by atoms with Gasteiger partial charge in [-0.1, -0.05) is 22.0 Å². The Kier molecular flexibility index (Phi) is 4.65. The van der Waals surface area contributed by atoms with Crippen molar-refractivity contribution in [3.05, 3.63) is 70.6 Å². The van der Waals surface area contributed by atoms with Crippen LogP contribution in [0.4, 0.5) is 18.9 Å². The summed E-state index contributed by atoms with van der Waals surface area (Å²) in [6.07, 6.45) is 0.392. The average Bonchev–Trinajstić information content (AvgIpc) is 3.26. The smallest absolute Gasteiger partial charge is 0.322 e. The zero-order valence-corrected chi connectivity index (χ0v) is 16.5. The van der Waals surface area contributed by atoms with Gasteiger partial charge in [0.1, 0.15) is 5.69 Å². The van der Waals surface area contributed by atoms with Gasteiger partial charge in [0.2, 0.25) is 0 Å². The molecule has 1 amide bonds. The number of carbonyl (C=O) groups is 1. The number of fused-ring (bicyclic) bond motifs is 1. The van der Waals surface area contributed by atoms with Crippen LogP contribution in [0.2, 0.25) is 0 Å². The lowest BCUT2D eigenvalue weighted by Crippen LogP contribution is -2.19. The Morgan fingerprint density at radius 3 is 2.62 bits per heavy atom. The van der Waals surface area contributed by atoms with Crippen LogP contribution in [0, 0.1) is 0 Å². The molecule has 148 valence electrons. The van der Waals surface area contributed by atoms with Crippen molar-refractivity contribution in [1.29, 1.82) is 0 Å². The number of aromatic nitrogens is 4. The molecule has 0 fully saturated rings. The molecule has 0 spiro atoms. The Morgan fingerprint density at radius 1 is 1.14 bits per heavy atom. The Hall–Kier alpha value is -3.14. The maximum Gasteiger partial charge on any atom is 0.418 e. The molecule has 0 aliphatic rings. The van der Waals surface area contributed by atoms with Gasteiger partial charge in [0.25, 0.3) is 5.91 Å². The number of amides is 1. The Balaban J connectivity index is 1.70. The number of halogens is 4. The number of aryl methyl sites for hydroxylation is 1. The number of benzene rings is 2. The van der Waals surface area contributed by atoms with Gasteiger partial charge >= 0.3 is 6.18 Å². The van der Waals surface area contributed by atoms with Gasteiger partial charge in [0, 0.05) is 22.6 Å². The lowest BCUT2D eigenvalue weighted by molar-refractivity contribution is -0.138. The summed E-state index contributed by atoms with van der Waals surface area (Å²) in [6.45, 7) is 0. The first-order valence-electron chi connectivity index (χ1n) is 8.38. The predicted molar refractivity (Wildman–Crippen MR) is 105 cm³/mol. The fourth-order valence-electron chi connectivity index (χ4n) is 3.02.